The third-order valence-corrected chi connectivity index (χ3v) is 2.70. The molecule has 0 amide bonds. The fourth-order valence-electron chi connectivity index (χ4n) is 1.72. The molecule has 0 spiro atoms. The maximum Gasteiger partial charge on any atom is 0.305 e. The van der Waals surface area contributed by atoms with Gasteiger partial charge in [0.1, 0.15) is 5.82 Å². The number of methoxy groups -OCH3 is 1. The zero-order chi connectivity index (χ0) is 14.3. The monoisotopic (exact) mass is 271 g/mol. The molecule has 1 aromatic carbocycles. The number of hydrogen-bond acceptors (Lipinski definition) is 4. The summed E-state index contributed by atoms with van der Waals surface area (Å²) < 4.78 is 17.7. The molecule has 0 heterocycles. The number of halogens is 1. The molecule has 0 aromatic heterocycles. The van der Waals surface area contributed by atoms with Crippen LogP contribution in [0.15, 0.2) is 24.3 Å². The molecule has 2 atom stereocenters. The van der Waals surface area contributed by atoms with Gasteiger partial charge in [-0.2, -0.15) is 0 Å². The van der Waals surface area contributed by atoms with Crippen molar-refractivity contribution in [3.8, 4) is 0 Å². The molecule has 2 unspecified atom stereocenters. The molecule has 5 nitrogen and oxygen atoms in total. The Labute approximate surface area is 111 Å². The van der Waals surface area contributed by atoms with E-state index >= 15 is 0 Å². The van der Waals surface area contributed by atoms with Crippen LogP contribution in [0.3, 0.4) is 0 Å². The maximum absolute atomic E-state index is 12.8. The lowest BCUT2D eigenvalue weighted by Crippen LogP contribution is -2.38. The van der Waals surface area contributed by atoms with E-state index in [1.807, 2.05) is 0 Å². The zero-order valence-corrected chi connectivity index (χ0v) is 10.7. The van der Waals surface area contributed by atoms with E-state index in [9.17, 15) is 14.3 Å². The number of rotatable bonds is 8. The minimum absolute atomic E-state index is 0.234. The first-order valence-electron chi connectivity index (χ1n) is 5.92. The fourth-order valence-corrected chi connectivity index (χ4v) is 1.72. The van der Waals surface area contributed by atoms with Gasteiger partial charge in [-0.25, -0.2) is 4.39 Å². The van der Waals surface area contributed by atoms with Crippen molar-refractivity contribution in [3.63, 3.8) is 0 Å². The predicted octanol–water partition coefficient (Wildman–Crippen LogP) is 0.938. The van der Waals surface area contributed by atoms with Crippen LogP contribution >= 0.6 is 0 Å². The lowest BCUT2D eigenvalue weighted by Gasteiger charge is -2.23. The minimum Gasteiger partial charge on any atom is -0.481 e. The topological polar surface area (TPSA) is 78.8 Å². The Bertz CT molecular complexity index is 396. The molecule has 1 rings (SSSR count). The lowest BCUT2D eigenvalue weighted by molar-refractivity contribution is -0.138. The number of nitrogens with one attached hydrogen (secondary N) is 1. The summed E-state index contributed by atoms with van der Waals surface area (Å²) in [5.74, 6) is -1.42. The Morgan fingerprint density at radius 1 is 1.42 bits per heavy atom. The van der Waals surface area contributed by atoms with Crippen LogP contribution in [-0.2, 0) is 9.53 Å². The molecule has 19 heavy (non-hydrogen) atoms. The Hall–Kier alpha value is -1.50. The summed E-state index contributed by atoms with van der Waals surface area (Å²) in [6, 6.07) is 4.68. The van der Waals surface area contributed by atoms with E-state index in [0.717, 1.165) is 0 Å². The highest BCUT2D eigenvalue weighted by molar-refractivity contribution is 5.67. The van der Waals surface area contributed by atoms with E-state index in [4.69, 9.17) is 9.84 Å². The number of aliphatic carboxylic acids is 1. The molecule has 0 radical (unpaired) electrons. The minimum atomic E-state index is -1.02. The first kappa shape index (κ1) is 15.6. The molecule has 0 aliphatic heterocycles. The SMILES string of the molecule is COCCNC(CC(=O)O)C(O)c1ccc(F)cc1. The van der Waals surface area contributed by atoms with Crippen LogP contribution in [0.1, 0.15) is 18.1 Å². The molecular formula is C13H18FNO4. The Morgan fingerprint density at radius 3 is 2.58 bits per heavy atom. The lowest BCUT2D eigenvalue weighted by atomic mass is 9.99. The van der Waals surface area contributed by atoms with Gasteiger partial charge in [-0.3, -0.25) is 4.79 Å². The third kappa shape index (κ3) is 5.34. The van der Waals surface area contributed by atoms with Gasteiger partial charge in [-0.1, -0.05) is 12.1 Å². The van der Waals surface area contributed by atoms with Gasteiger partial charge in [0.25, 0.3) is 0 Å². The molecule has 0 aliphatic rings. The number of aliphatic hydroxyl groups excluding tert-OH is 1. The smallest absolute Gasteiger partial charge is 0.305 e. The average molecular weight is 271 g/mol. The number of carboxylic acids is 1. The number of carboxylic acid groups (broad SMARTS) is 1. The Balaban J connectivity index is 2.71. The van der Waals surface area contributed by atoms with Crippen LogP contribution in [0, 0.1) is 5.82 Å². The van der Waals surface area contributed by atoms with E-state index in [0.29, 0.717) is 18.7 Å². The van der Waals surface area contributed by atoms with Gasteiger partial charge in [0.15, 0.2) is 0 Å². The average Bonchev–Trinajstić information content (AvgIpc) is 2.37. The normalized spacial score (nSPS) is 14.1. The second-order valence-electron chi connectivity index (χ2n) is 4.15. The van der Waals surface area contributed by atoms with Crippen molar-refractivity contribution >= 4 is 5.97 Å². The number of aliphatic hydroxyl groups is 1. The van der Waals surface area contributed by atoms with E-state index in [1.54, 1.807) is 0 Å². The molecule has 0 fully saturated rings. The van der Waals surface area contributed by atoms with Crippen LogP contribution in [0.5, 0.6) is 0 Å². The first-order chi connectivity index (χ1) is 9.04. The van der Waals surface area contributed by atoms with Crippen LogP contribution in [-0.4, -0.2) is 42.5 Å². The molecule has 1 aromatic rings. The van der Waals surface area contributed by atoms with Gasteiger partial charge in [-0.05, 0) is 17.7 Å². The van der Waals surface area contributed by atoms with Gasteiger partial charge in [0, 0.05) is 19.7 Å². The van der Waals surface area contributed by atoms with Gasteiger partial charge < -0.3 is 20.3 Å². The molecule has 106 valence electrons. The highest BCUT2D eigenvalue weighted by atomic mass is 19.1. The third-order valence-electron chi connectivity index (χ3n) is 2.70. The van der Waals surface area contributed by atoms with E-state index in [2.05, 4.69) is 5.32 Å². The van der Waals surface area contributed by atoms with Crippen LogP contribution in [0.4, 0.5) is 4.39 Å². The van der Waals surface area contributed by atoms with Crippen molar-refractivity contribution in [1.82, 2.24) is 5.32 Å². The van der Waals surface area contributed by atoms with Crippen molar-refractivity contribution in [2.75, 3.05) is 20.3 Å². The highest BCUT2D eigenvalue weighted by Crippen LogP contribution is 2.19. The van der Waals surface area contributed by atoms with Crippen molar-refractivity contribution in [1.29, 1.82) is 0 Å². The molecule has 3 N–H and O–H groups in total. The molecule has 0 bridgehead atoms. The molecular weight excluding hydrogens is 253 g/mol. The van der Waals surface area contributed by atoms with Gasteiger partial charge >= 0.3 is 5.97 Å². The van der Waals surface area contributed by atoms with Crippen LogP contribution in [0.2, 0.25) is 0 Å². The van der Waals surface area contributed by atoms with Crippen LogP contribution in [0.25, 0.3) is 0 Å². The number of benzene rings is 1. The largest absolute Gasteiger partial charge is 0.481 e. The van der Waals surface area contributed by atoms with Gasteiger partial charge in [0.2, 0.25) is 0 Å². The van der Waals surface area contributed by atoms with Crippen molar-refractivity contribution in [2.24, 2.45) is 0 Å². The Morgan fingerprint density at radius 2 is 2.05 bits per heavy atom. The van der Waals surface area contributed by atoms with Crippen molar-refractivity contribution in [3.05, 3.63) is 35.6 Å². The summed E-state index contributed by atoms with van der Waals surface area (Å²) in [7, 11) is 1.53. The molecule has 6 heteroatoms. The quantitative estimate of drug-likeness (QED) is 0.613. The summed E-state index contributed by atoms with van der Waals surface area (Å²) in [5.41, 5.74) is 0.470. The van der Waals surface area contributed by atoms with Crippen molar-refractivity contribution < 1.29 is 24.1 Å². The fraction of sp³-hybridized carbons (Fsp3) is 0.462. The molecule has 0 saturated carbocycles. The number of ether oxygens (including phenoxy) is 1. The van der Waals surface area contributed by atoms with E-state index in [1.165, 1.54) is 31.4 Å². The summed E-state index contributed by atoms with van der Waals surface area (Å²) >= 11 is 0. The standard InChI is InChI=1S/C13H18FNO4/c1-19-7-6-15-11(8-12(16)17)13(18)9-2-4-10(14)5-3-9/h2-5,11,13,15,18H,6-8H2,1H3,(H,16,17). The summed E-state index contributed by atoms with van der Waals surface area (Å²) in [5, 5.41) is 21.9. The number of carbonyl (C=O) groups is 1. The van der Waals surface area contributed by atoms with Crippen molar-refractivity contribution in [2.45, 2.75) is 18.6 Å². The summed E-state index contributed by atoms with van der Waals surface area (Å²) in [6.07, 6.45) is -1.25. The molecule has 0 aliphatic carbocycles. The van der Waals surface area contributed by atoms with E-state index < -0.39 is 23.9 Å². The second kappa shape index (κ2) is 7.83. The highest BCUT2D eigenvalue weighted by Gasteiger charge is 2.23. The second-order valence-corrected chi connectivity index (χ2v) is 4.15. The zero-order valence-electron chi connectivity index (χ0n) is 10.7. The summed E-state index contributed by atoms with van der Waals surface area (Å²) in [4.78, 5) is 10.8. The van der Waals surface area contributed by atoms with Gasteiger partial charge in [0.05, 0.1) is 19.1 Å². The maximum atomic E-state index is 12.8. The number of hydrogen-bond donors (Lipinski definition) is 3. The summed E-state index contributed by atoms with van der Waals surface area (Å²) in [6.45, 7) is 0.832. The van der Waals surface area contributed by atoms with Gasteiger partial charge in [-0.15, -0.1) is 0 Å². The Kier molecular flexibility index (Phi) is 6.41. The first-order valence-corrected chi connectivity index (χ1v) is 5.92. The van der Waals surface area contributed by atoms with E-state index in [-0.39, 0.29) is 6.42 Å². The predicted molar refractivity (Wildman–Crippen MR) is 67.3 cm³/mol. The van der Waals surface area contributed by atoms with Crippen LogP contribution < -0.4 is 5.32 Å². The molecule has 0 saturated heterocycles.